The van der Waals surface area contributed by atoms with Gasteiger partial charge in [-0.2, -0.15) is 0 Å². The van der Waals surface area contributed by atoms with Gasteiger partial charge in [0.2, 0.25) is 0 Å². The zero-order valence-electron chi connectivity index (χ0n) is 21.2. The summed E-state index contributed by atoms with van der Waals surface area (Å²) in [5, 5.41) is 5.14. The van der Waals surface area contributed by atoms with Crippen LogP contribution in [0.1, 0.15) is 0 Å². The van der Waals surface area contributed by atoms with Crippen LogP contribution in [-0.4, -0.2) is 9.13 Å². The number of fused-ring (bicyclic) bond motifs is 6. The van der Waals surface area contributed by atoms with E-state index in [9.17, 15) is 0 Å². The van der Waals surface area contributed by atoms with Crippen molar-refractivity contribution in [3.8, 4) is 22.5 Å². The summed E-state index contributed by atoms with van der Waals surface area (Å²) in [7, 11) is 0. The van der Waals surface area contributed by atoms with E-state index in [1.54, 1.807) is 0 Å². The van der Waals surface area contributed by atoms with E-state index in [0.717, 1.165) is 0 Å². The van der Waals surface area contributed by atoms with Gasteiger partial charge in [0.15, 0.2) is 0 Å². The molecule has 2 heterocycles. The second kappa shape index (κ2) is 9.42. The first-order valence-corrected chi connectivity index (χ1v) is 13.0. The number of aromatic nitrogens is 2. The Morgan fingerprint density at radius 3 is 0.821 bits per heavy atom. The number of hydrogen-bond donors (Lipinski definition) is 0. The predicted octanol–water partition coefficient (Wildman–Crippen LogP) is 9.55. The van der Waals surface area contributed by atoms with Crippen LogP contribution in [0, 0.1) is 0 Å². The van der Waals surface area contributed by atoms with Crippen molar-refractivity contribution in [1.29, 1.82) is 0 Å². The molecule has 0 amide bonds. The smallest absolute Gasteiger partial charge is 0.0541 e. The molecular weight excluding hydrogens is 556 g/mol. The van der Waals surface area contributed by atoms with Crippen molar-refractivity contribution in [2.24, 2.45) is 0 Å². The molecule has 0 N–H and O–H groups in total. The quantitative estimate of drug-likeness (QED) is 0.184. The van der Waals surface area contributed by atoms with Gasteiger partial charge in [-0.1, -0.05) is 97.1 Å². The molecule has 6 aromatic carbocycles. The van der Waals surface area contributed by atoms with Crippen LogP contribution < -0.4 is 0 Å². The fraction of sp³-hybridized carbons (Fsp3) is 0. The Bertz CT molecular complexity index is 1850. The van der Waals surface area contributed by atoms with Gasteiger partial charge in [0.25, 0.3) is 0 Å². The number of rotatable bonds is 3. The third kappa shape index (κ3) is 3.67. The second-order valence-corrected chi connectivity index (χ2v) is 9.83. The molecule has 0 saturated heterocycles. The summed E-state index contributed by atoms with van der Waals surface area (Å²) in [4.78, 5) is 0. The maximum Gasteiger partial charge on any atom is 0.0541 e. The molecule has 0 aliphatic rings. The Kier molecular flexibility index (Phi) is 5.72. The van der Waals surface area contributed by atoms with E-state index in [1.807, 2.05) is 0 Å². The van der Waals surface area contributed by atoms with Crippen molar-refractivity contribution < 1.29 is 21.1 Å². The maximum absolute atomic E-state index is 2.36. The number of para-hydroxylation sites is 4. The standard InChI is InChI=1S/C36H24N2.Mo/c1-5-13-33-29(9-1)30-10-2-6-14-34(30)37(33)27-21-17-25(18-22-27)26-19-23-28(24-20-26)38-35-15-7-3-11-31(35)32-12-4-8-16-36(32)38;/h1-24H;. The minimum Gasteiger partial charge on any atom is -0.309 e. The molecule has 8 aromatic rings. The predicted molar refractivity (Wildman–Crippen MR) is 161 cm³/mol. The second-order valence-electron chi connectivity index (χ2n) is 9.83. The first kappa shape index (κ1) is 23.7. The number of hydrogen-bond acceptors (Lipinski definition) is 0. The van der Waals surface area contributed by atoms with Crippen LogP contribution in [0.15, 0.2) is 146 Å². The molecule has 0 fully saturated rings. The third-order valence-corrected chi connectivity index (χ3v) is 7.74. The van der Waals surface area contributed by atoms with E-state index in [0.29, 0.717) is 0 Å². The number of benzene rings is 6. The van der Waals surface area contributed by atoms with Crippen LogP contribution in [0.3, 0.4) is 0 Å². The molecule has 0 radical (unpaired) electrons. The van der Waals surface area contributed by atoms with Crippen molar-refractivity contribution >= 4 is 43.6 Å². The fourth-order valence-corrected chi connectivity index (χ4v) is 6.01. The largest absolute Gasteiger partial charge is 0.309 e. The average molecular weight is 581 g/mol. The van der Waals surface area contributed by atoms with E-state index in [-0.39, 0.29) is 21.1 Å². The van der Waals surface area contributed by atoms with Crippen LogP contribution in [0.5, 0.6) is 0 Å². The number of nitrogens with zero attached hydrogens (tertiary/aromatic N) is 2. The molecule has 0 atom stereocenters. The van der Waals surface area contributed by atoms with E-state index in [2.05, 4.69) is 155 Å². The van der Waals surface area contributed by atoms with Gasteiger partial charge < -0.3 is 9.13 Å². The van der Waals surface area contributed by atoms with Crippen molar-refractivity contribution in [3.63, 3.8) is 0 Å². The molecular formula is C36H24MoN2. The first-order valence-electron chi connectivity index (χ1n) is 13.0. The van der Waals surface area contributed by atoms with E-state index < -0.39 is 0 Å². The molecule has 3 heteroatoms. The zero-order valence-corrected chi connectivity index (χ0v) is 23.2. The molecule has 8 rings (SSSR count). The van der Waals surface area contributed by atoms with Crippen molar-refractivity contribution in [2.45, 2.75) is 0 Å². The molecule has 0 saturated carbocycles. The van der Waals surface area contributed by atoms with Gasteiger partial charge in [-0.15, -0.1) is 0 Å². The van der Waals surface area contributed by atoms with E-state index in [4.69, 9.17) is 0 Å². The zero-order chi connectivity index (χ0) is 25.1. The van der Waals surface area contributed by atoms with Gasteiger partial charge in [0.05, 0.1) is 22.1 Å². The Balaban J connectivity index is 0.00000253. The summed E-state index contributed by atoms with van der Waals surface area (Å²) in [6.45, 7) is 0. The van der Waals surface area contributed by atoms with Crippen LogP contribution in [0.25, 0.3) is 66.1 Å². The molecule has 39 heavy (non-hydrogen) atoms. The molecule has 2 nitrogen and oxygen atoms in total. The SMILES string of the molecule is [Mo].c1ccc2c(c1)c1ccccc1n2-c1ccc(-c2ccc(-n3c4ccccc4c4ccccc43)cc2)cc1. The van der Waals surface area contributed by atoms with Gasteiger partial charge in [0, 0.05) is 54.0 Å². The van der Waals surface area contributed by atoms with Crippen LogP contribution >= 0.6 is 0 Å². The van der Waals surface area contributed by atoms with Crippen LogP contribution in [0.4, 0.5) is 0 Å². The summed E-state index contributed by atoms with van der Waals surface area (Å²) in [6, 6.07) is 52.4. The van der Waals surface area contributed by atoms with Gasteiger partial charge in [-0.25, -0.2) is 0 Å². The van der Waals surface area contributed by atoms with Crippen molar-refractivity contribution in [2.75, 3.05) is 0 Å². The summed E-state index contributed by atoms with van der Waals surface area (Å²) in [5.74, 6) is 0. The monoisotopic (exact) mass is 582 g/mol. The minimum atomic E-state index is 0. The normalized spacial score (nSPS) is 11.4. The van der Waals surface area contributed by atoms with E-state index >= 15 is 0 Å². The minimum absolute atomic E-state index is 0. The molecule has 0 spiro atoms. The molecule has 0 bridgehead atoms. The van der Waals surface area contributed by atoms with E-state index in [1.165, 1.54) is 66.1 Å². The van der Waals surface area contributed by atoms with Crippen LogP contribution in [-0.2, 0) is 21.1 Å². The maximum atomic E-state index is 2.36. The molecule has 2 aromatic heterocycles. The summed E-state index contributed by atoms with van der Waals surface area (Å²) >= 11 is 0. The third-order valence-electron chi connectivity index (χ3n) is 7.74. The Morgan fingerprint density at radius 1 is 0.282 bits per heavy atom. The van der Waals surface area contributed by atoms with Gasteiger partial charge in [0.1, 0.15) is 0 Å². The average Bonchev–Trinajstić information content (AvgIpc) is 3.51. The molecule has 0 aliphatic carbocycles. The Hall–Kier alpha value is -4.39. The summed E-state index contributed by atoms with van der Waals surface area (Å²) < 4.78 is 4.72. The van der Waals surface area contributed by atoms with Gasteiger partial charge in [-0.3, -0.25) is 0 Å². The topological polar surface area (TPSA) is 9.86 Å². The van der Waals surface area contributed by atoms with Crippen LogP contribution in [0.2, 0.25) is 0 Å². The molecule has 184 valence electrons. The summed E-state index contributed by atoms with van der Waals surface area (Å²) in [5.41, 5.74) is 9.70. The first-order chi connectivity index (χ1) is 18.9. The summed E-state index contributed by atoms with van der Waals surface area (Å²) in [6.07, 6.45) is 0. The fourth-order valence-electron chi connectivity index (χ4n) is 6.01. The van der Waals surface area contributed by atoms with Crippen molar-refractivity contribution in [1.82, 2.24) is 9.13 Å². The Labute approximate surface area is 241 Å². The van der Waals surface area contributed by atoms with Gasteiger partial charge in [-0.05, 0) is 59.7 Å². The Morgan fingerprint density at radius 2 is 0.538 bits per heavy atom. The van der Waals surface area contributed by atoms with Crippen molar-refractivity contribution in [3.05, 3.63) is 146 Å². The molecule has 0 aliphatic heterocycles. The van der Waals surface area contributed by atoms with Gasteiger partial charge >= 0.3 is 0 Å². The molecule has 0 unspecified atom stereocenters.